The number of benzene rings is 2. The van der Waals surface area contributed by atoms with Crippen LogP contribution < -0.4 is 15.5 Å². The van der Waals surface area contributed by atoms with Gasteiger partial charge in [0.2, 0.25) is 11.9 Å². The Morgan fingerprint density at radius 2 is 1.97 bits per heavy atom. The van der Waals surface area contributed by atoms with Crippen LogP contribution in [0, 0.1) is 5.82 Å². The summed E-state index contributed by atoms with van der Waals surface area (Å²) in [6.07, 6.45) is 7.23. The average molecular weight is 593 g/mol. The fourth-order valence-corrected chi connectivity index (χ4v) is 4.93. The van der Waals surface area contributed by atoms with Crippen LogP contribution in [-0.4, -0.2) is 59.6 Å². The number of fused-ring (bicyclic) bond motifs is 1. The molecule has 0 radical (unpaired) electrons. The minimum atomic E-state index is -0.303. The number of hydrogen-bond donors (Lipinski definition) is 2. The lowest BCUT2D eigenvalue weighted by atomic mass is 10.1. The van der Waals surface area contributed by atoms with Gasteiger partial charge in [0, 0.05) is 59.5 Å². The molecular formula is C29H31BrFN7O. The maximum absolute atomic E-state index is 14.2. The number of nitrogens with one attached hydrogen (secondary N) is 2. The Balaban J connectivity index is 1.48. The van der Waals surface area contributed by atoms with Crippen LogP contribution in [0.3, 0.4) is 0 Å². The van der Waals surface area contributed by atoms with E-state index in [9.17, 15) is 9.18 Å². The summed E-state index contributed by atoms with van der Waals surface area (Å²) in [6, 6.07) is 11.0. The third kappa shape index (κ3) is 5.97. The third-order valence-electron chi connectivity index (χ3n) is 6.74. The van der Waals surface area contributed by atoms with Crippen LogP contribution in [0.15, 0.2) is 65.9 Å². The maximum atomic E-state index is 14.2. The molecule has 1 fully saturated rings. The molecular weight excluding hydrogens is 561 g/mol. The minimum absolute atomic E-state index is 0.279. The molecule has 2 aromatic carbocycles. The molecule has 1 saturated carbocycles. The molecule has 10 heteroatoms. The predicted octanol–water partition coefficient (Wildman–Crippen LogP) is 6.20. The van der Waals surface area contributed by atoms with Gasteiger partial charge in [-0.3, -0.25) is 4.79 Å². The van der Waals surface area contributed by atoms with Gasteiger partial charge in [0.05, 0.1) is 22.8 Å². The predicted molar refractivity (Wildman–Crippen MR) is 159 cm³/mol. The number of nitrogens with zero attached hydrogens (tertiary/aromatic N) is 5. The first-order chi connectivity index (χ1) is 18.7. The van der Waals surface area contributed by atoms with Gasteiger partial charge in [0.15, 0.2) is 0 Å². The van der Waals surface area contributed by atoms with E-state index in [1.54, 1.807) is 12.3 Å². The standard InChI is InChI=1S/C29H31BrFN7O/c1-5-28(39)33-25-16-24(22(30)15-27(25)37(4)13-12-36(2)3)35-29-32-11-10-23(34-29)21-17-38(19-7-8-19)26-9-6-18(31)14-20(21)26/h5-6,9-11,14-17,19H,1,7-8,12-13H2,2-4H3,(H,33,39)(H,32,34,35). The van der Waals surface area contributed by atoms with Crippen molar-refractivity contribution in [3.8, 4) is 11.3 Å². The first-order valence-electron chi connectivity index (χ1n) is 12.8. The van der Waals surface area contributed by atoms with Crippen molar-refractivity contribution in [2.45, 2.75) is 18.9 Å². The second-order valence-corrected chi connectivity index (χ2v) is 10.9. The number of carbonyl (C=O) groups excluding carboxylic acids is 1. The van der Waals surface area contributed by atoms with Crippen LogP contribution in [0.5, 0.6) is 0 Å². The van der Waals surface area contributed by atoms with Crippen LogP contribution in [-0.2, 0) is 4.79 Å². The van der Waals surface area contributed by atoms with Gasteiger partial charge in [-0.1, -0.05) is 6.58 Å². The van der Waals surface area contributed by atoms with Gasteiger partial charge in [0.25, 0.3) is 0 Å². The molecule has 0 saturated heterocycles. The molecule has 2 N–H and O–H groups in total. The summed E-state index contributed by atoms with van der Waals surface area (Å²) >= 11 is 3.67. The van der Waals surface area contributed by atoms with Crippen molar-refractivity contribution >= 4 is 55.8 Å². The summed E-state index contributed by atoms with van der Waals surface area (Å²) < 4.78 is 17.2. The van der Waals surface area contributed by atoms with E-state index in [4.69, 9.17) is 4.98 Å². The molecule has 1 aliphatic rings. The summed E-state index contributed by atoms with van der Waals surface area (Å²) in [7, 11) is 6.02. The quantitative estimate of drug-likeness (QED) is 0.214. The number of halogens is 2. The molecule has 0 unspecified atom stereocenters. The second-order valence-electron chi connectivity index (χ2n) is 10.0. The van der Waals surface area contributed by atoms with E-state index in [-0.39, 0.29) is 11.7 Å². The zero-order valence-corrected chi connectivity index (χ0v) is 23.8. The summed E-state index contributed by atoms with van der Waals surface area (Å²) in [6.45, 7) is 5.20. The van der Waals surface area contributed by atoms with Gasteiger partial charge in [-0.05, 0) is 85.3 Å². The van der Waals surface area contributed by atoms with Gasteiger partial charge in [-0.2, -0.15) is 0 Å². The molecule has 0 aliphatic heterocycles. The topological polar surface area (TPSA) is 78.3 Å². The Morgan fingerprint density at radius 1 is 1.18 bits per heavy atom. The molecule has 202 valence electrons. The number of likely N-dealkylation sites (N-methyl/N-ethyl adjacent to an activating group) is 2. The number of carbonyl (C=O) groups is 1. The Morgan fingerprint density at radius 3 is 2.69 bits per heavy atom. The SMILES string of the molecule is C=CC(=O)Nc1cc(Nc2nccc(-c3cn(C4CC4)c4ccc(F)cc34)n2)c(Br)cc1N(C)CCN(C)C. The van der Waals surface area contributed by atoms with Crippen molar-refractivity contribution in [2.24, 2.45) is 0 Å². The Labute approximate surface area is 235 Å². The lowest BCUT2D eigenvalue weighted by molar-refractivity contribution is -0.111. The molecule has 2 aromatic heterocycles. The highest BCUT2D eigenvalue weighted by Gasteiger charge is 2.26. The first-order valence-corrected chi connectivity index (χ1v) is 13.6. The molecule has 2 heterocycles. The number of anilines is 4. The molecule has 0 spiro atoms. The first kappa shape index (κ1) is 26.8. The van der Waals surface area contributed by atoms with Crippen LogP contribution in [0.2, 0.25) is 0 Å². The number of hydrogen-bond acceptors (Lipinski definition) is 6. The molecule has 39 heavy (non-hydrogen) atoms. The van der Waals surface area contributed by atoms with Gasteiger partial charge >= 0.3 is 0 Å². The van der Waals surface area contributed by atoms with Crippen LogP contribution >= 0.6 is 15.9 Å². The van der Waals surface area contributed by atoms with Crippen molar-refractivity contribution in [1.82, 2.24) is 19.4 Å². The Hall–Kier alpha value is -3.76. The van der Waals surface area contributed by atoms with Crippen LogP contribution in [0.4, 0.5) is 27.4 Å². The lowest BCUT2D eigenvalue weighted by Crippen LogP contribution is -2.29. The monoisotopic (exact) mass is 591 g/mol. The largest absolute Gasteiger partial charge is 0.372 e. The maximum Gasteiger partial charge on any atom is 0.247 e. The number of rotatable bonds is 10. The van der Waals surface area contributed by atoms with E-state index in [0.29, 0.717) is 29.1 Å². The van der Waals surface area contributed by atoms with Gasteiger partial charge < -0.3 is 25.0 Å². The lowest BCUT2D eigenvalue weighted by Gasteiger charge is -2.25. The fraction of sp³-hybridized carbons (Fsp3) is 0.276. The average Bonchev–Trinajstić information content (AvgIpc) is 3.69. The molecule has 0 atom stereocenters. The Bertz CT molecular complexity index is 1550. The van der Waals surface area contributed by atoms with E-state index in [1.807, 2.05) is 45.4 Å². The smallest absolute Gasteiger partial charge is 0.247 e. The van der Waals surface area contributed by atoms with Crippen molar-refractivity contribution in [1.29, 1.82) is 0 Å². The highest BCUT2D eigenvalue weighted by Crippen LogP contribution is 2.41. The molecule has 1 amide bonds. The van der Waals surface area contributed by atoms with Crippen LogP contribution in [0.1, 0.15) is 18.9 Å². The van der Waals surface area contributed by atoms with Gasteiger partial charge in [-0.15, -0.1) is 0 Å². The summed E-state index contributed by atoms with van der Waals surface area (Å²) in [4.78, 5) is 25.6. The summed E-state index contributed by atoms with van der Waals surface area (Å²) in [5, 5.41) is 7.02. The summed E-state index contributed by atoms with van der Waals surface area (Å²) in [5.74, 6) is -0.201. The zero-order chi connectivity index (χ0) is 27.7. The van der Waals surface area contributed by atoms with Crippen molar-refractivity contribution in [3.05, 3.63) is 71.7 Å². The van der Waals surface area contributed by atoms with E-state index >= 15 is 0 Å². The van der Waals surface area contributed by atoms with Gasteiger partial charge in [-0.25, -0.2) is 14.4 Å². The molecule has 8 nitrogen and oxygen atoms in total. The Kier molecular flexibility index (Phi) is 7.67. The van der Waals surface area contributed by atoms with E-state index in [0.717, 1.165) is 52.6 Å². The normalized spacial score (nSPS) is 13.1. The van der Waals surface area contributed by atoms with Crippen molar-refractivity contribution in [2.75, 3.05) is 49.8 Å². The number of amides is 1. The minimum Gasteiger partial charge on any atom is -0.372 e. The van der Waals surface area contributed by atoms with E-state index in [1.165, 1.54) is 12.1 Å². The van der Waals surface area contributed by atoms with E-state index in [2.05, 4.69) is 58.7 Å². The summed E-state index contributed by atoms with van der Waals surface area (Å²) in [5.41, 5.74) is 4.72. The second kappa shape index (κ2) is 11.2. The third-order valence-corrected chi connectivity index (χ3v) is 7.39. The zero-order valence-electron chi connectivity index (χ0n) is 22.2. The van der Waals surface area contributed by atoms with Crippen molar-refractivity contribution in [3.63, 3.8) is 0 Å². The molecule has 1 aliphatic carbocycles. The van der Waals surface area contributed by atoms with Crippen molar-refractivity contribution < 1.29 is 9.18 Å². The fourth-order valence-electron chi connectivity index (χ4n) is 4.50. The molecule has 4 aromatic rings. The van der Waals surface area contributed by atoms with Crippen LogP contribution in [0.25, 0.3) is 22.2 Å². The van der Waals surface area contributed by atoms with Gasteiger partial charge in [0.1, 0.15) is 5.82 Å². The van der Waals surface area contributed by atoms with E-state index < -0.39 is 0 Å². The highest BCUT2D eigenvalue weighted by atomic mass is 79.9. The molecule has 5 rings (SSSR count). The highest BCUT2D eigenvalue weighted by molar-refractivity contribution is 9.10. The number of aromatic nitrogens is 3. The molecule has 0 bridgehead atoms.